The summed E-state index contributed by atoms with van der Waals surface area (Å²) in [4.78, 5) is 34.2. The lowest BCUT2D eigenvalue weighted by molar-refractivity contribution is -0.115. The van der Waals surface area contributed by atoms with E-state index in [1.165, 1.54) is 83.3 Å². The van der Waals surface area contributed by atoms with Gasteiger partial charge in [-0.25, -0.2) is 0 Å². The number of aryl methyl sites for hydroxylation is 1. The van der Waals surface area contributed by atoms with Gasteiger partial charge < -0.3 is 16.5 Å². The van der Waals surface area contributed by atoms with Crippen molar-refractivity contribution in [3.63, 3.8) is 0 Å². The predicted octanol–water partition coefficient (Wildman–Crippen LogP) is 10.1. The number of rotatable bonds is 18. The number of hydrogen-bond donors (Lipinski definition) is 3. The largest absolute Gasteiger partial charge is 0.366 e. The van der Waals surface area contributed by atoms with Crippen molar-refractivity contribution in [1.29, 1.82) is 5.41 Å². The molecule has 6 heteroatoms. The van der Waals surface area contributed by atoms with E-state index in [1.54, 1.807) is 30.3 Å². The van der Waals surface area contributed by atoms with Crippen molar-refractivity contribution in [2.24, 2.45) is 17.6 Å². The van der Waals surface area contributed by atoms with E-state index in [-0.39, 0.29) is 17.4 Å². The zero-order chi connectivity index (χ0) is 34.0. The first-order chi connectivity index (χ1) is 21.4. The second-order valence-electron chi connectivity index (χ2n) is 12.3. The first kappa shape index (κ1) is 41.5. The third kappa shape index (κ3) is 22.6. The number of nitrogens with one attached hydrogen (secondary N) is 2. The molecule has 0 bridgehead atoms. The van der Waals surface area contributed by atoms with Crippen LogP contribution in [0.25, 0.3) is 0 Å². The SMILES string of the molecule is CC(=O)Nc1cccc(CCC(=O)/C=C\C(=N)c2ccc(C(N)=O)cc2)c1.CCC(C)CC.CCCCCCCCCC(C)C. The molecule has 6 nitrogen and oxygen atoms in total. The lowest BCUT2D eigenvalue weighted by Gasteiger charge is -2.05. The molecule has 2 aromatic carbocycles. The molecule has 2 rings (SSSR count). The normalized spacial score (nSPS) is 10.6. The lowest BCUT2D eigenvalue weighted by atomic mass is 10.0. The topological polar surface area (TPSA) is 113 Å². The molecule has 0 aliphatic rings. The van der Waals surface area contributed by atoms with Gasteiger partial charge in [-0.1, -0.05) is 130 Å². The molecule has 0 aromatic heterocycles. The molecule has 0 atom stereocenters. The van der Waals surface area contributed by atoms with E-state index in [1.807, 2.05) is 18.2 Å². The number of carbonyl (C=O) groups is 3. The average molecular weight is 620 g/mol. The van der Waals surface area contributed by atoms with Crippen molar-refractivity contribution in [2.75, 3.05) is 5.32 Å². The van der Waals surface area contributed by atoms with Crippen LogP contribution in [0.3, 0.4) is 0 Å². The quantitative estimate of drug-likeness (QED) is 0.0876. The molecule has 0 fully saturated rings. The van der Waals surface area contributed by atoms with Crippen LogP contribution in [-0.4, -0.2) is 23.3 Å². The number of hydrogen-bond acceptors (Lipinski definition) is 4. The molecule has 0 unspecified atom stereocenters. The van der Waals surface area contributed by atoms with E-state index in [4.69, 9.17) is 11.1 Å². The second-order valence-corrected chi connectivity index (χ2v) is 12.3. The number of amides is 2. The van der Waals surface area contributed by atoms with E-state index in [0.717, 1.165) is 17.4 Å². The van der Waals surface area contributed by atoms with Gasteiger partial charge in [0.15, 0.2) is 5.78 Å². The van der Waals surface area contributed by atoms with Gasteiger partial charge in [0, 0.05) is 24.6 Å². The van der Waals surface area contributed by atoms with Crippen molar-refractivity contribution < 1.29 is 14.4 Å². The second kappa shape index (κ2) is 25.8. The van der Waals surface area contributed by atoms with E-state index in [0.29, 0.717) is 29.7 Å². The summed E-state index contributed by atoms with van der Waals surface area (Å²) in [6.07, 6.45) is 17.8. The first-order valence-electron chi connectivity index (χ1n) is 17.0. The fourth-order valence-electron chi connectivity index (χ4n) is 4.24. The fourth-order valence-corrected chi connectivity index (χ4v) is 4.24. The monoisotopic (exact) mass is 619 g/mol. The van der Waals surface area contributed by atoms with Crippen molar-refractivity contribution in [3.8, 4) is 0 Å². The zero-order valence-corrected chi connectivity index (χ0v) is 29.2. The maximum absolute atomic E-state index is 12.0. The molecule has 0 spiro atoms. The van der Waals surface area contributed by atoms with Gasteiger partial charge in [0.1, 0.15) is 0 Å². The van der Waals surface area contributed by atoms with Crippen LogP contribution < -0.4 is 11.1 Å². The standard InChI is InChI=1S/C21H21N3O3.C12H26.C6H14/c1-14(25)24-18-4-2-3-15(13-18)5-10-19(26)11-12-20(22)16-6-8-17(9-7-16)21(23)27;1-4-5-6-7-8-9-10-11-12(2)3;1-4-6(3)5-2/h2-4,6-9,11-13,22H,5,10H2,1H3,(H2,23,27)(H,24,25);12H,4-11H2,1-3H3;6H,4-5H2,1-3H3/b12-11-,22-20?;;. The molecule has 4 N–H and O–H groups in total. The van der Waals surface area contributed by atoms with E-state index in [9.17, 15) is 14.4 Å². The summed E-state index contributed by atoms with van der Waals surface area (Å²) in [5.74, 6) is 1.07. The molecular formula is C39H61N3O3. The predicted molar refractivity (Wildman–Crippen MR) is 192 cm³/mol. The lowest BCUT2D eigenvalue weighted by Crippen LogP contribution is -2.10. The Morgan fingerprint density at radius 3 is 1.91 bits per heavy atom. The Morgan fingerprint density at radius 1 is 0.822 bits per heavy atom. The number of benzene rings is 2. The third-order valence-electron chi connectivity index (χ3n) is 7.60. The Balaban J connectivity index is 0.000000888. The summed E-state index contributed by atoms with van der Waals surface area (Å²) in [6, 6.07) is 13.7. The van der Waals surface area contributed by atoms with Crippen molar-refractivity contribution in [1.82, 2.24) is 0 Å². The van der Waals surface area contributed by atoms with E-state index >= 15 is 0 Å². The van der Waals surface area contributed by atoms with Gasteiger partial charge in [-0.15, -0.1) is 0 Å². The average Bonchev–Trinajstić information content (AvgIpc) is 3.02. The van der Waals surface area contributed by atoms with Gasteiger partial charge in [-0.2, -0.15) is 0 Å². The Bertz CT molecular complexity index is 1150. The Hall–Kier alpha value is -3.54. The first-order valence-corrected chi connectivity index (χ1v) is 17.0. The highest BCUT2D eigenvalue weighted by Gasteiger charge is 2.04. The summed E-state index contributed by atoms with van der Waals surface area (Å²) in [7, 11) is 0. The molecule has 0 radical (unpaired) electrons. The summed E-state index contributed by atoms with van der Waals surface area (Å²) in [5.41, 5.74) is 7.96. The van der Waals surface area contributed by atoms with Gasteiger partial charge in [-0.05, 0) is 65.8 Å². The number of nitrogens with two attached hydrogens (primary N) is 1. The number of ketones is 1. The number of anilines is 1. The van der Waals surface area contributed by atoms with Crippen LogP contribution in [0.5, 0.6) is 0 Å². The Labute approximate surface area is 274 Å². The minimum absolute atomic E-state index is 0.0987. The van der Waals surface area contributed by atoms with Crippen LogP contribution >= 0.6 is 0 Å². The van der Waals surface area contributed by atoms with E-state index < -0.39 is 5.91 Å². The number of primary amides is 1. The Morgan fingerprint density at radius 2 is 1.40 bits per heavy atom. The molecule has 250 valence electrons. The van der Waals surface area contributed by atoms with Crippen molar-refractivity contribution >= 4 is 29.0 Å². The molecule has 0 saturated heterocycles. The van der Waals surface area contributed by atoms with Gasteiger partial charge in [-0.3, -0.25) is 14.4 Å². The van der Waals surface area contributed by atoms with Crippen LogP contribution in [0.4, 0.5) is 5.69 Å². The van der Waals surface area contributed by atoms with Crippen LogP contribution in [0, 0.1) is 17.2 Å². The molecule has 0 aliphatic carbocycles. The minimum Gasteiger partial charge on any atom is -0.366 e. The highest BCUT2D eigenvalue weighted by Crippen LogP contribution is 2.13. The van der Waals surface area contributed by atoms with Crippen molar-refractivity contribution in [2.45, 2.75) is 126 Å². The number of unbranched alkanes of at least 4 members (excludes halogenated alkanes) is 6. The van der Waals surface area contributed by atoms with E-state index in [2.05, 4.69) is 46.9 Å². The molecule has 0 heterocycles. The Kier molecular flexibility index (Phi) is 23.7. The van der Waals surface area contributed by atoms with Crippen LogP contribution in [0.2, 0.25) is 0 Å². The maximum atomic E-state index is 12.0. The van der Waals surface area contributed by atoms with Crippen LogP contribution in [-0.2, 0) is 16.0 Å². The summed E-state index contributed by atoms with van der Waals surface area (Å²) in [5, 5.41) is 10.7. The molecule has 2 aromatic rings. The molecule has 45 heavy (non-hydrogen) atoms. The molecule has 0 saturated carbocycles. The minimum atomic E-state index is -0.527. The summed E-state index contributed by atoms with van der Waals surface area (Å²) < 4.78 is 0. The highest BCUT2D eigenvalue weighted by atomic mass is 16.1. The van der Waals surface area contributed by atoms with Crippen LogP contribution in [0.15, 0.2) is 60.7 Å². The van der Waals surface area contributed by atoms with Crippen LogP contribution in [0.1, 0.15) is 141 Å². The fraction of sp³-hybridized carbons (Fsp3) is 0.538. The van der Waals surface area contributed by atoms with Gasteiger partial charge in [0.2, 0.25) is 11.8 Å². The van der Waals surface area contributed by atoms with Gasteiger partial charge in [0.05, 0.1) is 5.71 Å². The number of allylic oxidation sites excluding steroid dienone is 2. The maximum Gasteiger partial charge on any atom is 0.248 e. The molecular weight excluding hydrogens is 558 g/mol. The number of carbonyl (C=O) groups excluding carboxylic acids is 3. The molecule has 2 amide bonds. The van der Waals surface area contributed by atoms with Crippen molar-refractivity contribution in [3.05, 3.63) is 77.4 Å². The summed E-state index contributed by atoms with van der Waals surface area (Å²) in [6.45, 7) is 15.1. The van der Waals surface area contributed by atoms with Gasteiger partial charge >= 0.3 is 0 Å². The highest BCUT2D eigenvalue weighted by molar-refractivity contribution is 6.09. The third-order valence-corrected chi connectivity index (χ3v) is 7.60. The zero-order valence-electron chi connectivity index (χ0n) is 29.2. The summed E-state index contributed by atoms with van der Waals surface area (Å²) >= 11 is 0. The van der Waals surface area contributed by atoms with Gasteiger partial charge in [0.25, 0.3) is 0 Å². The smallest absolute Gasteiger partial charge is 0.248 e. The molecule has 0 aliphatic heterocycles.